The van der Waals surface area contributed by atoms with E-state index in [1.165, 1.54) is 6.20 Å². The third-order valence-electron chi connectivity index (χ3n) is 1.52. The molecule has 0 aromatic carbocycles. The van der Waals surface area contributed by atoms with Gasteiger partial charge in [0.15, 0.2) is 0 Å². The van der Waals surface area contributed by atoms with E-state index in [1.54, 1.807) is 12.2 Å². The van der Waals surface area contributed by atoms with E-state index in [0.717, 1.165) is 0 Å². The van der Waals surface area contributed by atoms with Crippen LogP contribution in [0, 0.1) is 0 Å². The largest absolute Gasteiger partial charge is 0.347 e. The number of amides is 1. The lowest BCUT2D eigenvalue weighted by Crippen LogP contribution is -2.24. The molecule has 0 unspecified atom stereocenters. The first-order valence-corrected chi connectivity index (χ1v) is 4.15. The third kappa shape index (κ3) is 2.91. The maximum atomic E-state index is 11.3. The van der Waals surface area contributed by atoms with Gasteiger partial charge >= 0.3 is 5.69 Å². The molecule has 0 radical (unpaired) electrons. The van der Waals surface area contributed by atoms with Gasteiger partial charge in [-0.15, -0.1) is 0 Å². The summed E-state index contributed by atoms with van der Waals surface area (Å²) in [6.45, 7) is 0.833. The predicted molar refractivity (Wildman–Crippen MR) is 51.9 cm³/mol. The molecule has 0 fully saturated rings. The minimum atomic E-state index is -0.396. The Morgan fingerprint density at radius 1 is 1.57 bits per heavy atom. The second kappa shape index (κ2) is 5.03. The van der Waals surface area contributed by atoms with Crippen LogP contribution in [0.4, 0.5) is 0 Å². The van der Waals surface area contributed by atoms with Gasteiger partial charge in [0, 0.05) is 19.3 Å². The van der Waals surface area contributed by atoms with E-state index >= 15 is 0 Å². The van der Waals surface area contributed by atoms with Gasteiger partial charge in [0.05, 0.1) is 0 Å². The lowest BCUT2D eigenvalue weighted by atomic mass is 10.4. The maximum Gasteiger partial charge on any atom is 0.323 e. The van der Waals surface area contributed by atoms with Crippen molar-refractivity contribution in [2.75, 3.05) is 13.1 Å². The first-order valence-electron chi connectivity index (χ1n) is 4.15. The molecule has 0 saturated carbocycles. The van der Waals surface area contributed by atoms with Crippen molar-refractivity contribution in [2.24, 2.45) is 5.73 Å². The summed E-state index contributed by atoms with van der Waals surface area (Å²) in [5.41, 5.74) is 5.03. The topological polar surface area (TPSA) is 104 Å². The fourth-order valence-corrected chi connectivity index (χ4v) is 0.881. The Morgan fingerprint density at radius 3 is 2.93 bits per heavy atom. The molecule has 76 valence electrons. The van der Waals surface area contributed by atoms with Crippen molar-refractivity contribution in [2.45, 2.75) is 0 Å². The molecule has 1 rings (SSSR count). The summed E-state index contributed by atoms with van der Waals surface area (Å²) >= 11 is 0. The summed E-state index contributed by atoms with van der Waals surface area (Å²) in [4.78, 5) is 26.6. The minimum absolute atomic E-state index is 0.219. The molecule has 1 heterocycles. The van der Waals surface area contributed by atoms with Crippen LogP contribution in [0.3, 0.4) is 0 Å². The third-order valence-corrected chi connectivity index (χ3v) is 1.52. The fourth-order valence-electron chi connectivity index (χ4n) is 0.881. The maximum absolute atomic E-state index is 11.3. The van der Waals surface area contributed by atoms with Crippen molar-refractivity contribution < 1.29 is 4.79 Å². The number of aromatic nitrogens is 2. The fraction of sp³-hybridized carbons (Fsp3) is 0.250. The van der Waals surface area contributed by atoms with Crippen LogP contribution in [0.5, 0.6) is 0 Å². The van der Waals surface area contributed by atoms with E-state index in [-0.39, 0.29) is 11.6 Å². The van der Waals surface area contributed by atoms with Crippen LogP contribution >= 0.6 is 0 Å². The van der Waals surface area contributed by atoms with Crippen molar-refractivity contribution in [3.05, 3.63) is 34.5 Å². The number of aromatic amines is 2. The van der Waals surface area contributed by atoms with E-state index in [4.69, 9.17) is 5.73 Å². The summed E-state index contributed by atoms with van der Waals surface area (Å²) in [6, 6.07) is 0. The molecule has 0 spiro atoms. The van der Waals surface area contributed by atoms with E-state index in [9.17, 15) is 9.59 Å². The van der Waals surface area contributed by atoms with Crippen LogP contribution in [0.15, 0.2) is 23.1 Å². The highest BCUT2D eigenvalue weighted by Gasteiger charge is 2.04. The van der Waals surface area contributed by atoms with Gasteiger partial charge in [-0.25, -0.2) is 4.79 Å². The van der Waals surface area contributed by atoms with Gasteiger partial charge in [-0.1, -0.05) is 12.2 Å². The predicted octanol–water partition coefficient (Wildman–Crippen LogP) is -1.05. The van der Waals surface area contributed by atoms with E-state index < -0.39 is 5.69 Å². The molecule has 14 heavy (non-hydrogen) atoms. The highest BCUT2D eigenvalue weighted by Crippen LogP contribution is 1.86. The summed E-state index contributed by atoms with van der Waals surface area (Å²) < 4.78 is 0. The van der Waals surface area contributed by atoms with Crippen LogP contribution in [0.25, 0.3) is 0 Å². The molecule has 6 heteroatoms. The quantitative estimate of drug-likeness (QED) is 0.462. The Kier molecular flexibility index (Phi) is 3.69. The van der Waals surface area contributed by atoms with Gasteiger partial charge in [0.25, 0.3) is 5.91 Å². The monoisotopic (exact) mass is 196 g/mol. The molecule has 0 atom stereocenters. The lowest BCUT2D eigenvalue weighted by Gasteiger charge is -1.97. The van der Waals surface area contributed by atoms with Gasteiger partial charge < -0.3 is 21.0 Å². The molecule has 6 nitrogen and oxygen atoms in total. The molecule has 5 N–H and O–H groups in total. The zero-order valence-electron chi connectivity index (χ0n) is 7.54. The average Bonchev–Trinajstić information content (AvgIpc) is 2.59. The van der Waals surface area contributed by atoms with Crippen molar-refractivity contribution in [1.29, 1.82) is 0 Å². The number of nitrogens with one attached hydrogen (secondary N) is 3. The minimum Gasteiger partial charge on any atom is -0.347 e. The SMILES string of the molecule is NC/C=C/CNC(=O)c1c[nH]c(=O)[nH]1. The molecule has 0 aliphatic carbocycles. The highest BCUT2D eigenvalue weighted by molar-refractivity contribution is 5.91. The molecule has 0 aliphatic heterocycles. The van der Waals surface area contributed by atoms with Crippen LogP contribution in [0.1, 0.15) is 10.5 Å². The molecule has 1 aromatic heterocycles. The standard InChI is InChI=1S/C8H12N4O2/c9-3-1-2-4-10-7(13)6-5-11-8(14)12-6/h1-2,5H,3-4,9H2,(H,10,13)(H2,11,12,14)/b2-1+. The van der Waals surface area contributed by atoms with Gasteiger partial charge in [-0.2, -0.15) is 0 Å². The number of carbonyl (C=O) groups is 1. The molecular formula is C8H12N4O2. The van der Waals surface area contributed by atoms with Crippen LogP contribution < -0.4 is 16.7 Å². The Balaban J connectivity index is 2.43. The molecule has 0 saturated heterocycles. The van der Waals surface area contributed by atoms with Crippen LogP contribution in [-0.4, -0.2) is 29.0 Å². The Bertz CT molecular complexity index is 377. The number of carbonyl (C=O) groups excluding carboxylic acids is 1. The van der Waals surface area contributed by atoms with Gasteiger partial charge in [-0.05, 0) is 0 Å². The molecule has 0 bridgehead atoms. The first kappa shape index (κ1) is 10.3. The van der Waals surface area contributed by atoms with E-state index in [2.05, 4.69) is 15.3 Å². The lowest BCUT2D eigenvalue weighted by molar-refractivity contribution is 0.0953. The van der Waals surface area contributed by atoms with Crippen molar-refractivity contribution >= 4 is 5.91 Å². The number of hydrogen-bond acceptors (Lipinski definition) is 3. The van der Waals surface area contributed by atoms with Crippen molar-refractivity contribution in [1.82, 2.24) is 15.3 Å². The summed E-state index contributed by atoms with van der Waals surface area (Å²) in [5.74, 6) is -0.329. The summed E-state index contributed by atoms with van der Waals surface area (Å²) in [6.07, 6.45) is 4.80. The first-order chi connectivity index (χ1) is 6.74. The van der Waals surface area contributed by atoms with E-state index in [0.29, 0.717) is 13.1 Å². The highest BCUT2D eigenvalue weighted by atomic mass is 16.2. The smallest absolute Gasteiger partial charge is 0.323 e. The van der Waals surface area contributed by atoms with Gasteiger partial charge in [0.1, 0.15) is 5.69 Å². The summed E-state index contributed by atoms with van der Waals surface area (Å²) in [5, 5.41) is 2.58. The number of rotatable bonds is 4. The number of H-pyrrole nitrogens is 2. The molecule has 1 amide bonds. The zero-order chi connectivity index (χ0) is 10.4. The van der Waals surface area contributed by atoms with Crippen molar-refractivity contribution in [3.63, 3.8) is 0 Å². The Hall–Kier alpha value is -1.82. The normalized spacial score (nSPS) is 10.6. The second-order valence-corrected chi connectivity index (χ2v) is 2.57. The zero-order valence-corrected chi connectivity index (χ0v) is 7.54. The molecular weight excluding hydrogens is 184 g/mol. The number of hydrogen-bond donors (Lipinski definition) is 4. The van der Waals surface area contributed by atoms with Crippen LogP contribution in [0.2, 0.25) is 0 Å². The van der Waals surface area contributed by atoms with Crippen LogP contribution in [-0.2, 0) is 0 Å². The molecule has 1 aromatic rings. The molecule has 0 aliphatic rings. The van der Waals surface area contributed by atoms with E-state index in [1.807, 2.05) is 0 Å². The second-order valence-electron chi connectivity index (χ2n) is 2.57. The number of imidazole rings is 1. The Morgan fingerprint density at radius 2 is 2.36 bits per heavy atom. The summed E-state index contributed by atoms with van der Waals surface area (Å²) in [7, 11) is 0. The number of nitrogens with two attached hydrogens (primary N) is 1. The van der Waals surface area contributed by atoms with Crippen molar-refractivity contribution in [3.8, 4) is 0 Å². The van der Waals surface area contributed by atoms with Gasteiger partial charge in [-0.3, -0.25) is 4.79 Å². The average molecular weight is 196 g/mol. The van der Waals surface area contributed by atoms with Gasteiger partial charge in [0.2, 0.25) is 0 Å². The Labute approximate surface area is 80.2 Å².